The molecule has 2 fully saturated rings. The van der Waals surface area contributed by atoms with Crippen molar-refractivity contribution in [2.24, 2.45) is 5.92 Å². The second kappa shape index (κ2) is 8.46. The Morgan fingerprint density at radius 1 is 1.03 bits per heavy atom. The second-order valence-electron chi connectivity index (χ2n) is 7.92. The fraction of sp³-hybridized carbons (Fsp3) is 0.391. The highest BCUT2D eigenvalue weighted by molar-refractivity contribution is 6.33. The van der Waals surface area contributed by atoms with Crippen LogP contribution in [-0.2, 0) is 16.1 Å². The van der Waals surface area contributed by atoms with Crippen molar-refractivity contribution in [3.8, 4) is 0 Å². The molecule has 0 bridgehead atoms. The van der Waals surface area contributed by atoms with Crippen molar-refractivity contribution in [2.75, 3.05) is 37.6 Å². The monoisotopic (exact) mass is 411 g/mol. The fourth-order valence-electron chi connectivity index (χ4n) is 4.14. The highest BCUT2D eigenvalue weighted by Gasteiger charge is 2.37. The van der Waals surface area contributed by atoms with Gasteiger partial charge in [-0.1, -0.05) is 53.6 Å². The van der Waals surface area contributed by atoms with Gasteiger partial charge in [-0.25, -0.2) is 0 Å². The molecule has 2 aliphatic heterocycles. The number of amides is 2. The second-order valence-corrected chi connectivity index (χ2v) is 8.33. The van der Waals surface area contributed by atoms with Crippen LogP contribution >= 0.6 is 11.6 Å². The van der Waals surface area contributed by atoms with Crippen molar-refractivity contribution in [3.63, 3.8) is 0 Å². The number of aryl methyl sites for hydroxylation is 1. The van der Waals surface area contributed by atoms with E-state index < -0.39 is 0 Å². The standard InChI is InChI=1S/C23H26ClN3O2/c1-17-6-8-18(9-7-17)15-27-16-19(14-22(27)28)23(29)26-12-10-25(11-13-26)21-5-3-2-4-20(21)24/h2-9,19H,10-16H2,1H3/t19-/m1/s1. The molecule has 2 heterocycles. The minimum absolute atomic E-state index is 0.0682. The maximum atomic E-state index is 13.0. The first kappa shape index (κ1) is 19.8. The van der Waals surface area contributed by atoms with E-state index in [0.29, 0.717) is 32.6 Å². The zero-order valence-electron chi connectivity index (χ0n) is 16.7. The Hall–Kier alpha value is -2.53. The highest BCUT2D eigenvalue weighted by Crippen LogP contribution is 2.27. The zero-order chi connectivity index (χ0) is 20.4. The maximum absolute atomic E-state index is 13.0. The lowest BCUT2D eigenvalue weighted by Crippen LogP contribution is -2.50. The number of likely N-dealkylation sites (tertiary alicyclic amines) is 1. The number of carbonyl (C=O) groups is 2. The van der Waals surface area contributed by atoms with Gasteiger partial charge < -0.3 is 14.7 Å². The SMILES string of the molecule is Cc1ccc(CN2C[C@H](C(=O)N3CCN(c4ccccc4Cl)CC3)CC2=O)cc1. The lowest BCUT2D eigenvalue weighted by Gasteiger charge is -2.37. The number of hydrogen-bond donors (Lipinski definition) is 0. The molecule has 0 spiro atoms. The summed E-state index contributed by atoms with van der Waals surface area (Å²) < 4.78 is 0. The van der Waals surface area contributed by atoms with Gasteiger partial charge in [-0.3, -0.25) is 9.59 Å². The van der Waals surface area contributed by atoms with Crippen LogP contribution in [0.2, 0.25) is 5.02 Å². The first-order chi connectivity index (χ1) is 14.0. The molecule has 152 valence electrons. The molecule has 2 aromatic rings. The summed E-state index contributed by atoms with van der Waals surface area (Å²) in [6.45, 7) is 5.95. The molecule has 1 atom stereocenters. The first-order valence-corrected chi connectivity index (χ1v) is 10.5. The normalized spacial score (nSPS) is 19.7. The molecule has 5 nitrogen and oxygen atoms in total. The Kier molecular flexibility index (Phi) is 5.76. The Morgan fingerprint density at radius 3 is 2.41 bits per heavy atom. The highest BCUT2D eigenvalue weighted by atomic mass is 35.5. The van der Waals surface area contributed by atoms with E-state index in [1.54, 1.807) is 0 Å². The number of hydrogen-bond acceptors (Lipinski definition) is 3. The molecule has 0 aromatic heterocycles. The molecule has 2 aliphatic rings. The summed E-state index contributed by atoms with van der Waals surface area (Å²) in [5.74, 6) is -0.0676. The molecule has 4 rings (SSSR count). The minimum Gasteiger partial charge on any atom is -0.367 e. The summed E-state index contributed by atoms with van der Waals surface area (Å²) in [4.78, 5) is 31.4. The van der Waals surface area contributed by atoms with Crippen LogP contribution in [-0.4, -0.2) is 54.3 Å². The van der Waals surface area contributed by atoms with Gasteiger partial charge in [-0.15, -0.1) is 0 Å². The number of rotatable bonds is 4. The van der Waals surface area contributed by atoms with E-state index in [4.69, 9.17) is 11.6 Å². The minimum atomic E-state index is -0.236. The lowest BCUT2D eigenvalue weighted by molar-refractivity contribution is -0.136. The summed E-state index contributed by atoms with van der Waals surface area (Å²) in [7, 11) is 0. The van der Waals surface area contributed by atoms with E-state index in [9.17, 15) is 9.59 Å². The van der Waals surface area contributed by atoms with Crippen LogP contribution in [0, 0.1) is 12.8 Å². The Balaban J connectivity index is 1.33. The van der Waals surface area contributed by atoms with Crippen LogP contribution in [0.15, 0.2) is 48.5 Å². The molecule has 2 amide bonds. The van der Waals surface area contributed by atoms with Gasteiger partial charge in [-0.2, -0.15) is 0 Å². The summed E-state index contributed by atoms with van der Waals surface area (Å²) in [5.41, 5.74) is 3.32. The van der Waals surface area contributed by atoms with E-state index in [1.807, 2.05) is 53.1 Å². The average molecular weight is 412 g/mol. The van der Waals surface area contributed by atoms with E-state index in [1.165, 1.54) is 5.56 Å². The first-order valence-electron chi connectivity index (χ1n) is 10.1. The van der Waals surface area contributed by atoms with Crippen molar-refractivity contribution < 1.29 is 9.59 Å². The number of benzene rings is 2. The summed E-state index contributed by atoms with van der Waals surface area (Å²) >= 11 is 6.30. The topological polar surface area (TPSA) is 43.9 Å². The van der Waals surface area contributed by atoms with Gasteiger partial charge in [0.1, 0.15) is 0 Å². The largest absolute Gasteiger partial charge is 0.367 e. The van der Waals surface area contributed by atoms with Crippen molar-refractivity contribution >= 4 is 29.1 Å². The van der Waals surface area contributed by atoms with Gasteiger partial charge in [0, 0.05) is 45.7 Å². The van der Waals surface area contributed by atoms with Crippen molar-refractivity contribution in [1.29, 1.82) is 0 Å². The Bertz CT molecular complexity index is 891. The number of piperazine rings is 1. The van der Waals surface area contributed by atoms with E-state index in [0.717, 1.165) is 29.4 Å². The number of halogens is 1. The molecule has 29 heavy (non-hydrogen) atoms. The van der Waals surface area contributed by atoms with Gasteiger partial charge >= 0.3 is 0 Å². The van der Waals surface area contributed by atoms with Crippen LogP contribution in [0.1, 0.15) is 17.5 Å². The Morgan fingerprint density at radius 2 is 1.72 bits per heavy atom. The Labute approximate surface area is 176 Å². The molecule has 0 N–H and O–H groups in total. The van der Waals surface area contributed by atoms with Gasteiger partial charge in [-0.05, 0) is 24.6 Å². The summed E-state index contributed by atoms with van der Waals surface area (Å²) in [6, 6.07) is 16.0. The van der Waals surface area contributed by atoms with Gasteiger partial charge in [0.2, 0.25) is 11.8 Å². The predicted molar refractivity (Wildman–Crippen MR) is 115 cm³/mol. The quantitative estimate of drug-likeness (QED) is 0.775. The van der Waals surface area contributed by atoms with Crippen LogP contribution in [0.4, 0.5) is 5.69 Å². The van der Waals surface area contributed by atoms with Crippen LogP contribution in [0.3, 0.4) is 0 Å². The maximum Gasteiger partial charge on any atom is 0.228 e. The molecule has 2 aromatic carbocycles. The predicted octanol–water partition coefficient (Wildman–Crippen LogP) is 3.35. The number of nitrogens with zero attached hydrogens (tertiary/aromatic N) is 3. The van der Waals surface area contributed by atoms with E-state index in [-0.39, 0.29) is 17.7 Å². The average Bonchev–Trinajstić information content (AvgIpc) is 3.10. The lowest BCUT2D eigenvalue weighted by atomic mass is 10.1. The summed E-state index contributed by atoms with van der Waals surface area (Å²) in [6.07, 6.45) is 0.315. The van der Waals surface area contributed by atoms with Gasteiger partial charge in [0.15, 0.2) is 0 Å². The molecular formula is C23H26ClN3O2. The van der Waals surface area contributed by atoms with Crippen LogP contribution in [0.25, 0.3) is 0 Å². The third-order valence-electron chi connectivity index (χ3n) is 5.84. The molecule has 0 aliphatic carbocycles. The zero-order valence-corrected chi connectivity index (χ0v) is 17.4. The molecule has 6 heteroatoms. The molecule has 2 saturated heterocycles. The molecule has 0 radical (unpaired) electrons. The van der Waals surface area contributed by atoms with E-state index in [2.05, 4.69) is 17.0 Å². The molecular weight excluding hydrogens is 386 g/mol. The fourth-order valence-corrected chi connectivity index (χ4v) is 4.39. The smallest absolute Gasteiger partial charge is 0.228 e. The molecule has 0 unspecified atom stereocenters. The number of para-hydroxylation sites is 1. The molecule has 0 saturated carbocycles. The van der Waals surface area contributed by atoms with Crippen molar-refractivity contribution in [3.05, 3.63) is 64.7 Å². The third kappa shape index (κ3) is 4.40. The number of anilines is 1. The van der Waals surface area contributed by atoms with E-state index >= 15 is 0 Å². The van der Waals surface area contributed by atoms with Crippen molar-refractivity contribution in [2.45, 2.75) is 19.9 Å². The van der Waals surface area contributed by atoms with Gasteiger partial charge in [0.25, 0.3) is 0 Å². The van der Waals surface area contributed by atoms with Crippen LogP contribution in [0.5, 0.6) is 0 Å². The van der Waals surface area contributed by atoms with Gasteiger partial charge in [0.05, 0.1) is 16.6 Å². The van der Waals surface area contributed by atoms with Crippen LogP contribution < -0.4 is 4.90 Å². The number of carbonyl (C=O) groups excluding carboxylic acids is 2. The third-order valence-corrected chi connectivity index (χ3v) is 6.16. The van der Waals surface area contributed by atoms with Crippen molar-refractivity contribution in [1.82, 2.24) is 9.80 Å². The summed E-state index contributed by atoms with van der Waals surface area (Å²) in [5, 5.41) is 0.736.